The van der Waals surface area contributed by atoms with Crippen molar-refractivity contribution in [2.75, 3.05) is 0 Å². The molecule has 0 amide bonds. The van der Waals surface area contributed by atoms with Gasteiger partial charge >= 0.3 is 12.1 Å². The van der Waals surface area contributed by atoms with Gasteiger partial charge in [-0.25, -0.2) is 4.98 Å². The quantitative estimate of drug-likeness (QED) is 0.704. The van der Waals surface area contributed by atoms with Gasteiger partial charge in [-0.05, 0) is 30.7 Å². The molecular formula is C19H15F3N2O3. The molecule has 0 saturated heterocycles. The maximum Gasteiger partial charge on any atom is 0.416 e. The lowest BCUT2D eigenvalue weighted by Gasteiger charge is -2.13. The summed E-state index contributed by atoms with van der Waals surface area (Å²) in [5.41, 5.74) is -0.559. The van der Waals surface area contributed by atoms with Crippen molar-refractivity contribution in [2.24, 2.45) is 0 Å². The number of carbonyl (C=O) groups is 1. The highest BCUT2D eigenvalue weighted by atomic mass is 19.4. The molecule has 0 aliphatic carbocycles. The average Bonchev–Trinajstić information content (AvgIpc) is 2.61. The maximum absolute atomic E-state index is 12.7. The van der Waals surface area contributed by atoms with Gasteiger partial charge in [-0.2, -0.15) is 13.2 Å². The van der Waals surface area contributed by atoms with Crippen molar-refractivity contribution in [1.82, 2.24) is 9.97 Å². The first-order valence-electron chi connectivity index (χ1n) is 8.08. The summed E-state index contributed by atoms with van der Waals surface area (Å²) in [6, 6.07) is 11.2. The zero-order chi connectivity index (χ0) is 19.6. The van der Waals surface area contributed by atoms with Gasteiger partial charge in [0.15, 0.2) is 11.9 Å². The Morgan fingerprint density at radius 3 is 2.67 bits per heavy atom. The number of para-hydroxylation sites is 1. The van der Waals surface area contributed by atoms with E-state index in [4.69, 9.17) is 4.74 Å². The Bertz CT molecular complexity index is 1040. The average molecular weight is 376 g/mol. The van der Waals surface area contributed by atoms with Crippen molar-refractivity contribution in [3.05, 3.63) is 75.8 Å². The Labute approximate surface area is 151 Å². The molecule has 2 aromatic carbocycles. The Kier molecular flexibility index (Phi) is 4.98. The Hall–Kier alpha value is -3.16. The van der Waals surface area contributed by atoms with Gasteiger partial charge in [0.25, 0.3) is 5.56 Å². The number of aromatic amines is 1. The predicted octanol–water partition coefficient (Wildman–Crippen LogP) is 3.79. The standard InChI is InChI=1S/C19H15F3N2O3/c1-11(17-23-15-8-3-2-7-14(15)18(26)24-17)27-16(25)10-12-5-4-6-13(9-12)19(20,21)22/h2-9,11H,10H2,1H3,(H,23,24,26)/t11-/m1/s1. The number of nitrogens with zero attached hydrogens (tertiary/aromatic N) is 1. The number of alkyl halides is 3. The third kappa shape index (κ3) is 4.33. The molecular weight excluding hydrogens is 361 g/mol. The summed E-state index contributed by atoms with van der Waals surface area (Å²) in [7, 11) is 0. The van der Waals surface area contributed by atoms with E-state index in [1.165, 1.54) is 19.1 Å². The van der Waals surface area contributed by atoms with Crippen LogP contribution in [-0.4, -0.2) is 15.9 Å². The number of hydrogen-bond donors (Lipinski definition) is 1. The van der Waals surface area contributed by atoms with Crippen LogP contribution in [0.4, 0.5) is 13.2 Å². The van der Waals surface area contributed by atoms with E-state index in [2.05, 4.69) is 9.97 Å². The van der Waals surface area contributed by atoms with Gasteiger partial charge in [0, 0.05) is 0 Å². The molecule has 0 aliphatic heterocycles. The smallest absolute Gasteiger partial charge is 0.416 e. The van der Waals surface area contributed by atoms with Crippen LogP contribution < -0.4 is 5.56 Å². The van der Waals surface area contributed by atoms with E-state index in [9.17, 15) is 22.8 Å². The highest BCUT2D eigenvalue weighted by molar-refractivity contribution is 5.77. The van der Waals surface area contributed by atoms with Crippen LogP contribution in [0.15, 0.2) is 53.3 Å². The lowest BCUT2D eigenvalue weighted by atomic mass is 10.1. The normalized spacial score (nSPS) is 12.7. The summed E-state index contributed by atoms with van der Waals surface area (Å²) in [6.45, 7) is 1.52. The number of ether oxygens (including phenoxy) is 1. The van der Waals surface area contributed by atoms with Crippen LogP contribution in [0.2, 0.25) is 0 Å². The number of hydrogen-bond acceptors (Lipinski definition) is 4. The molecule has 8 heteroatoms. The van der Waals surface area contributed by atoms with E-state index in [0.29, 0.717) is 10.9 Å². The van der Waals surface area contributed by atoms with E-state index >= 15 is 0 Å². The molecule has 1 atom stereocenters. The molecule has 1 heterocycles. The summed E-state index contributed by atoms with van der Waals surface area (Å²) in [4.78, 5) is 31.0. The van der Waals surface area contributed by atoms with Gasteiger partial charge in [-0.1, -0.05) is 30.3 Å². The van der Waals surface area contributed by atoms with Gasteiger partial charge in [0.05, 0.1) is 22.9 Å². The third-order valence-corrected chi connectivity index (χ3v) is 3.93. The van der Waals surface area contributed by atoms with E-state index in [1.54, 1.807) is 24.3 Å². The van der Waals surface area contributed by atoms with Crippen molar-refractivity contribution in [3.63, 3.8) is 0 Å². The maximum atomic E-state index is 12.7. The first kappa shape index (κ1) is 18.6. The molecule has 27 heavy (non-hydrogen) atoms. The highest BCUT2D eigenvalue weighted by Gasteiger charge is 2.30. The summed E-state index contributed by atoms with van der Waals surface area (Å²) in [5, 5.41) is 0.406. The fraction of sp³-hybridized carbons (Fsp3) is 0.211. The molecule has 0 saturated carbocycles. The minimum absolute atomic E-state index is 0.163. The van der Waals surface area contributed by atoms with E-state index in [1.807, 2.05) is 0 Å². The van der Waals surface area contributed by atoms with Gasteiger partial charge in [0.2, 0.25) is 0 Å². The number of fused-ring (bicyclic) bond motifs is 1. The number of esters is 1. The van der Waals surface area contributed by atoms with Gasteiger partial charge in [-0.3, -0.25) is 9.59 Å². The third-order valence-electron chi connectivity index (χ3n) is 3.93. The molecule has 1 N–H and O–H groups in total. The summed E-state index contributed by atoms with van der Waals surface area (Å²) in [5.74, 6) is -0.561. The van der Waals surface area contributed by atoms with Crippen molar-refractivity contribution in [3.8, 4) is 0 Å². The van der Waals surface area contributed by atoms with Crippen molar-refractivity contribution < 1.29 is 22.7 Å². The Morgan fingerprint density at radius 1 is 1.19 bits per heavy atom. The summed E-state index contributed by atoms with van der Waals surface area (Å²) in [6.07, 6.45) is -5.67. The summed E-state index contributed by atoms with van der Waals surface area (Å²) >= 11 is 0. The first-order chi connectivity index (χ1) is 12.7. The Balaban J connectivity index is 1.74. The first-order valence-corrected chi connectivity index (χ1v) is 8.08. The second-order valence-electron chi connectivity index (χ2n) is 5.98. The highest BCUT2D eigenvalue weighted by Crippen LogP contribution is 2.29. The molecule has 0 aliphatic rings. The van der Waals surface area contributed by atoms with Crippen LogP contribution in [0.5, 0.6) is 0 Å². The van der Waals surface area contributed by atoms with Crippen LogP contribution in [0.25, 0.3) is 10.9 Å². The van der Waals surface area contributed by atoms with Gasteiger partial charge in [0.1, 0.15) is 0 Å². The number of nitrogens with one attached hydrogen (secondary N) is 1. The molecule has 0 unspecified atom stereocenters. The molecule has 0 spiro atoms. The largest absolute Gasteiger partial charge is 0.454 e. The van der Waals surface area contributed by atoms with E-state index in [0.717, 1.165) is 12.1 Å². The number of benzene rings is 2. The molecule has 0 fully saturated rings. The number of halogens is 3. The van der Waals surface area contributed by atoms with E-state index in [-0.39, 0.29) is 23.4 Å². The van der Waals surface area contributed by atoms with Crippen molar-refractivity contribution in [1.29, 1.82) is 0 Å². The minimum atomic E-state index is -4.48. The van der Waals surface area contributed by atoms with Crippen LogP contribution in [-0.2, 0) is 22.1 Å². The SMILES string of the molecule is C[C@@H](OC(=O)Cc1cccc(C(F)(F)F)c1)c1nc2ccccc2c(=O)[nH]1. The molecule has 0 radical (unpaired) electrons. The molecule has 3 aromatic rings. The summed E-state index contributed by atoms with van der Waals surface area (Å²) < 4.78 is 43.4. The topological polar surface area (TPSA) is 72.0 Å². The number of H-pyrrole nitrogens is 1. The monoisotopic (exact) mass is 376 g/mol. The predicted molar refractivity (Wildman–Crippen MR) is 92.0 cm³/mol. The molecule has 1 aromatic heterocycles. The molecule has 0 bridgehead atoms. The molecule has 3 rings (SSSR count). The van der Waals surface area contributed by atoms with Crippen molar-refractivity contribution in [2.45, 2.75) is 25.6 Å². The molecule has 5 nitrogen and oxygen atoms in total. The van der Waals surface area contributed by atoms with Crippen LogP contribution in [0.3, 0.4) is 0 Å². The van der Waals surface area contributed by atoms with Crippen molar-refractivity contribution >= 4 is 16.9 Å². The fourth-order valence-corrected chi connectivity index (χ4v) is 2.62. The Morgan fingerprint density at radius 2 is 1.93 bits per heavy atom. The minimum Gasteiger partial charge on any atom is -0.454 e. The number of carbonyl (C=O) groups excluding carboxylic acids is 1. The number of aromatic nitrogens is 2. The fourth-order valence-electron chi connectivity index (χ4n) is 2.62. The number of rotatable bonds is 4. The lowest BCUT2D eigenvalue weighted by molar-refractivity contribution is -0.148. The second-order valence-corrected chi connectivity index (χ2v) is 5.98. The van der Waals surface area contributed by atoms with E-state index < -0.39 is 23.8 Å². The van der Waals surface area contributed by atoms with Gasteiger partial charge < -0.3 is 9.72 Å². The lowest BCUT2D eigenvalue weighted by Crippen LogP contribution is -2.18. The zero-order valence-corrected chi connectivity index (χ0v) is 14.2. The molecule has 140 valence electrons. The second kappa shape index (κ2) is 7.22. The van der Waals surface area contributed by atoms with Crippen LogP contribution >= 0.6 is 0 Å². The van der Waals surface area contributed by atoms with Crippen LogP contribution in [0, 0.1) is 0 Å². The van der Waals surface area contributed by atoms with Gasteiger partial charge in [-0.15, -0.1) is 0 Å². The zero-order valence-electron chi connectivity index (χ0n) is 14.2. The van der Waals surface area contributed by atoms with Crippen LogP contribution in [0.1, 0.15) is 30.0 Å².